The fraction of sp³-hybridized carbons (Fsp3) is 0.600. The summed E-state index contributed by atoms with van der Waals surface area (Å²) in [5.74, 6) is -0.142. The predicted octanol–water partition coefficient (Wildman–Crippen LogP) is 6.89. The number of rotatable bonds is 10. The van der Waals surface area contributed by atoms with Gasteiger partial charge in [-0.2, -0.15) is 13.2 Å². The molecule has 0 spiro atoms. The van der Waals surface area contributed by atoms with E-state index in [0.29, 0.717) is 67.6 Å². The summed E-state index contributed by atoms with van der Waals surface area (Å²) in [5, 5.41) is 2.90. The molecular formula is C35H46F3N3O6. The van der Waals surface area contributed by atoms with Gasteiger partial charge in [0.25, 0.3) is 0 Å². The van der Waals surface area contributed by atoms with Crippen molar-refractivity contribution >= 4 is 18.0 Å². The maximum atomic E-state index is 14.2. The number of nitrogens with one attached hydrogen (secondary N) is 1. The molecule has 2 atom stereocenters. The van der Waals surface area contributed by atoms with E-state index < -0.39 is 34.8 Å². The van der Waals surface area contributed by atoms with E-state index in [2.05, 4.69) is 10.3 Å². The van der Waals surface area contributed by atoms with Crippen LogP contribution in [0.4, 0.5) is 18.0 Å². The molecule has 47 heavy (non-hydrogen) atoms. The van der Waals surface area contributed by atoms with Crippen LogP contribution in [0, 0.1) is 11.3 Å². The van der Waals surface area contributed by atoms with Crippen LogP contribution in [0.25, 0.3) is 0 Å². The number of unbranched alkanes of at least 4 members (excludes halogenated alkanes) is 1. The molecule has 12 heteroatoms. The first kappa shape index (κ1) is 36.0. The van der Waals surface area contributed by atoms with E-state index in [1.807, 2.05) is 13.8 Å². The minimum Gasteiger partial charge on any atom is -0.494 e. The Bertz CT molecular complexity index is 1460. The van der Waals surface area contributed by atoms with E-state index >= 15 is 0 Å². The van der Waals surface area contributed by atoms with Gasteiger partial charge in [-0.25, -0.2) is 9.59 Å². The number of hydrogen-bond donors (Lipinski definition) is 1. The third-order valence-electron chi connectivity index (χ3n) is 8.98. The zero-order chi connectivity index (χ0) is 34.6. The Morgan fingerprint density at radius 3 is 2.53 bits per heavy atom. The van der Waals surface area contributed by atoms with E-state index in [-0.39, 0.29) is 43.1 Å². The quantitative estimate of drug-likeness (QED) is 0.218. The number of carbonyl (C=O) groups is 3. The van der Waals surface area contributed by atoms with Crippen LogP contribution in [0.3, 0.4) is 0 Å². The Balaban J connectivity index is 1.40. The van der Waals surface area contributed by atoms with Gasteiger partial charge in [-0.1, -0.05) is 19.9 Å². The molecule has 1 fully saturated rings. The SMILES string of the molecule is COC(=O)c1cccc(OCCCCc2nc3c(cc2C(F)(F)F)CN(C(=O)[C@@]2(C(C)C)CC[C@@H](NC(=O)OC(C)(C)C)C2)CC3)c1. The molecule has 9 nitrogen and oxygen atoms in total. The summed E-state index contributed by atoms with van der Waals surface area (Å²) in [6.45, 7) is 9.99. The molecule has 4 rings (SSSR count). The number of carbonyl (C=O) groups excluding carboxylic acids is 3. The molecule has 0 radical (unpaired) electrons. The molecule has 0 unspecified atom stereocenters. The number of benzene rings is 1. The Hall–Kier alpha value is -3.83. The number of amides is 2. The summed E-state index contributed by atoms with van der Waals surface area (Å²) in [6.07, 6.45) is -2.11. The molecule has 1 aliphatic carbocycles. The summed E-state index contributed by atoms with van der Waals surface area (Å²) in [4.78, 5) is 44.3. The number of halogens is 3. The third kappa shape index (κ3) is 8.96. The van der Waals surface area contributed by atoms with Crippen molar-refractivity contribution in [2.45, 2.75) is 104 Å². The summed E-state index contributed by atoms with van der Waals surface area (Å²) < 4.78 is 58.5. The second-order valence-electron chi connectivity index (χ2n) is 13.8. The first-order chi connectivity index (χ1) is 22.0. The molecule has 1 aliphatic heterocycles. The second kappa shape index (κ2) is 14.5. The van der Waals surface area contributed by atoms with Crippen LogP contribution in [0.2, 0.25) is 0 Å². The lowest BCUT2D eigenvalue weighted by Gasteiger charge is -2.39. The summed E-state index contributed by atoms with van der Waals surface area (Å²) in [6, 6.07) is 7.46. The lowest BCUT2D eigenvalue weighted by molar-refractivity contribution is -0.146. The van der Waals surface area contributed by atoms with Gasteiger partial charge in [0.15, 0.2) is 0 Å². The highest BCUT2D eigenvalue weighted by atomic mass is 19.4. The Labute approximate surface area is 274 Å². The van der Waals surface area contributed by atoms with Crippen molar-refractivity contribution in [1.29, 1.82) is 0 Å². The predicted molar refractivity (Wildman–Crippen MR) is 169 cm³/mol. The fourth-order valence-corrected chi connectivity index (χ4v) is 6.49. The Morgan fingerprint density at radius 1 is 1.13 bits per heavy atom. The molecule has 2 heterocycles. The molecule has 1 aromatic carbocycles. The van der Waals surface area contributed by atoms with Crippen molar-refractivity contribution < 1.29 is 41.8 Å². The van der Waals surface area contributed by atoms with Crippen molar-refractivity contribution in [2.24, 2.45) is 11.3 Å². The molecule has 258 valence electrons. The average Bonchev–Trinajstić information content (AvgIpc) is 3.43. The number of esters is 1. The van der Waals surface area contributed by atoms with Crippen LogP contribution in [0.15, 0.2) is 30.3 Å². The zero-order valence-electron chi connectivity index (χ0n) is 28.1. The third-order valence-corrected chi connectivity index (χ3v) is 8.98. The van der Waals surface area contributed by atoms with Crippen molar-refractivity contribution in [3.8, 4) is 5.75 Å². The van der Waals surface area contributed by atoms with Gasteiger partial charge in [-0.3, -0.25) is 9.78 Å². The van der Waals surface area contributed by atoms with Gasteiger partial charge in [0.2, 0.25) is 5.91 Å². The number of aryl methyl sites for hydroxylation is 1. The molecule has 2 amide bonds. The van der Waals surface area contributed by atoms with Crippen LogP contribution in [0.5, 0.6) is 5.75 Å². The zero-order valence-corrected chi connectivity index (χ0v) is 28.1. The summed E-state index contributed by atoms with van der Waals surface area (Å²) in [5.41, 5.74) is -0.821. The maximum absolute atomic E-state index is 14.2. The molecule has 0 bridgehead atoms. The number of methoxy groups -OCH3 is 1. The van der Waals surface area contributed by atoms with Crippen molar-refractivity contribution in [1.82, 2.24) is 15.2 Å². The normalized spacial score (nSPS) is 19.7. The number of nitrogens with zero attached hydrogens (tertiary/aromatic N) is 2. The van der Waals surface area contributed by atoms with Crippen LogP contribution in [-0.2, 0) is 39.8 Å². The lowest BCUT2D eigenvalue weighted by atomic mass is 9.74. The highest BCUT2D eigenvalue weighted by Gasteiger charge is 2.50. The highest BCUT2D eigenvalue weighted by Crippen LogP contribution is 2.47. The maximum Gasteiger partial charge on any atom is 0.418 e. The first-order valence-corrected chi connectivity index (χ1v) is 16.2. The Kier molecular flexibility index (Phi) is 11.1. The number of ether oxygens (including phenoxy) is 3. The van der Waals surface area contributed by atoms with Gasteiger partial charge in [0, 0.05) is 31.2 Å². The van der Waals surface area contributed by atoms with Crippen LogP contribution in [0.1, 0.15) is 99.6 Å². The molecular weight excluding hydrogens is 615 g/mol. The monoisotopic (exact) mass is 661 g/mol. The lowest BCUT2D eigenvalue weighted by Crippen LogP contribution is -2.48. The average molecular weight is 662 g/mol. The topological polar surface area (TPSA) is 107 Å². The van der Waals surface area contributed by atoms with Gasteiger partial charge < -0.3 is 24.4 Å². The second-order valence-corrected chi connectivity index (χ2v) is 13.8. The van der Waals surface area contributed by atoms with E-state index in [1.54, 1.807) is 49.9 Å². The summed E-state index contributed by atoms with van der Waals surface area (Å²) in [7, 11) is 1.29. The molecule has 1 N–H and O–H groups in total. The molecule has 1 saturated carbocycles. The number of fused-ring (bicyclic) bond motifs is 1. The van der Waals surface area contributed by atoms with Crippen LogP contribution in [-0.4, -0.2) is 59.8 Å². The standard InChI is InChI=1S/C35H46F3N3O6/c1-22(2)34(15-13-25(20-34)39-32(44)47-33(3,4)5)31(43)41-16-14-28-24(21-41)19-27(35(36,37)38)29(40-28)12-7-8-17-46-26-11-9-10-23(18-26)30(42)45-6/h9-11,18-19,22,25H,7-8,12-17,20-21H2,1-6H3,(H,39,44)/t25-,34+/m1/s1. The summed E-state index contributed by atoms with van der Waals surface area (Å²) >= 11 is 0. The molecule has 2 aliphatic rings. The van der Waals surface area contributed by atoms with Crippen LogP contribution >= 0.6 is 0 Å². The number of pyridine rings is 1. The van der Waals surface area contributed by atoms with Gasteiger partial charge in [-0.05, 0) is 95.0 Å². The van der Waals surface area contributed by atoms with Crippen molar-refractivity contribution in [3.05, 3.63) is 58.4 Å². The van der Waals surface area contributed by atoms with Gasteiger partial charge in [0.1, 0.15) is 11.4 Å². The van der Waals surface area contributed by atoms with E-state index in [9.17, 15) is 27.6 Å². The smallest absolute Gasteiger partial charge is 0.418 e. The molecule has 1 aromatic heterocycles. The Morgan fingerprint density at radius 2 is 1.87 bits per heavy atom. The van der Waals surface area contributed by atoms with E-state index in [4.69, 9.17) is 14.2 Å². The first-order valence-electron chi connectivity index (χ1n) is 16.2. The fourth-order valence-electron chi connectivity index (χ4n) is 6.49. The largest absolute Gasteiger partial charge is 0.494 e. The van der Waals surface area contributed by atoms with Gasteiger partial charge in [-0.15, -0.1) is 0 Å². The minimum absolute atomic E-state index is 0.00535. The highest BCUT2D eigenvalue weighted by molar-refractivity contribution is 5.89. The minimum atomic E-state index is -4.60. The van der Waals surface area contributed by atoms with E-state index in [0.717, 1.165) is 6.07 Å². The molecule has 0 saturated heterocycles. The molecule has 2 aromatic rings. The van der Waals surface area contributed by atoms with Crippen molar-refractivity contribution in [3.63, 3.8) is 0 Å². The van der Waals surface area contributed by atoms with Crippen LogP contribution < -0.4 is 10.1 Å². The number of alkyl carbamates (subject to hydrolysis) is 1. The number of alkyl halides is 3. The van der Waals surface area contributed by atoms with Crippen molar-refractivity contribution in [2.75, 3.05) is 20.3 Å². The van der Waals surface area contributed by atoms with Gasteiger partial charge >= 0.3 is 18.2 Å². The van der Waals surface area contributed by atoms with Gasteiger partial charge in [0.05, 0.1) is 36.0 Å². The number of hydrogen-bond acceptors (Lipinski definition) is 7. The number of aromatic nitrogens is 1. The van der Waals surface area contributed by atoms with E-state index in [1.165, 1.54) is 7.11 Å².